The molecular formula is C31H29F3N2O3. The van der Waals surface area contributed by atoms with Crippen molar-refractivity contribution in [1.29, 1.82) is 5.26 Å². The Bertz CT molecular complexity index is 1500. The van der Waals surface area contributed by atoms with Crippen LogP contribution in [0.25, 0.3) is 23.3 Å². The minimum Gasteiger partial charge on any atom is -0.480 e. The van der Waals surface area contributed by atoms with E-state index in [2.05, 4.69) is 6.07 Å². The molecule has 1 atom stereocenters. The summed E-state index contributed by atoms with van der Waals surface area (Å²) in [6.45, 7) is -0.223. The van der Waals surface area contributed by atoms with Gasteiger partial charge in [-0.2, -0.15) is 18.4 Å². The molecular weight excluding hydrogens is 505 g/mol. The van der Waals surface area contributed by atoms with Crippen LogP contribution in [0.5, 0.6) is 0 Å². The third-order valence-electron chi connectivity index (χ3n) is 6.91. The lowest BCUT2D eigenvalue weighted by molar-refractivity contribution is -0.145. The van der Waals surface area contributed by atoms with Crippen molar-refractivity contribution >= 4 is 18.1 Å². The summed E-state index contributed by atoms with van der Waals surface area (Å²) in [7, 11) is -2.79. The lowest BCUT2D eigenvalue weighted by Gasteiger charge is -2.33. The average molecular weight is 538 g/mol. The summed E-state index contributed by atoms with van der Waals surface area (Å²) in [5, 5.41) is 19.6. The molecule has 4 rings (SSSR count). The number of nitrogens with zero attached hydrogens (tertiary/aromatic N) is 2. The number of alkyl halides is 3. The summed E-state index contributed by atoms with van der Waals surface area (Å²) >= 11 is 0. The number of hydrogen-bond acceptors (Lipinski definition) is 4. The molecule has 0 amide bonds. The summed E-state index contributed by atoms with van der Waals surface area (Å²) in [5.41, 5.74) is 1.26. The molecule has 5 nitrogen and oxygen atoms in total. The first-order chi connectivity index (χ1) is 19.9. The Morgan fingerprint density at radius 2 is 1.90 bits per heavy atom. The van der Waals surface area contributed by atoms with Gasteiger partial charge in [-0.15, -0.1) is 0 Å². The van der Waals surface area contributed by atoms with Crippen molar-refractivity contribution in [2.45, 2.75) is 44.6 Å². The minimum absolute atomic E-state index is 0.110. The van der Waals surface area contributed by atoms with Crippen molar-refractivity contribution in [3.63, 3.8) is 0 Å². The predicted molar refractivity (Wildman–Crippen MR) is 143 cm³/mol. The van der Waals surface area contributed by atoms with Crippen molar-refractivity contribution < 1.29 is 31.9 Å². The first kappa shape index (κ1) is 24.1. The van der Waals surface area contributed by atoms with E-state index in [0.29, 0.717) is 42.5 Å². The van der Waals surface area contributed by atoms with Crippen molar-refractivity contribution in [2.75, 3.05) is 13.6 Å². The third kappa shape index (κ3) is 6.56. The first-order valence-electron chi connectivity index (χ1n) is 14.0. The van der Waals surface area contributed by atoms with E-state index in [1.54, 1.807) is 23.1 Å². The third-order valence-corrected chi connectivity index (χ3v) is 6.91. The summed E-state index contributed by atoms with van der Waals surface area (Å²) in [6, 6.07) is 17.7. The van der Waals surface area contributed by atoms with E-state index < -0.39 is 37.4 Å². The van der Waals surface area contributed by atoms with Gasteiger partial charge in [0, 0.05) is 19.1 Å². The molecule has 0 aliphatic carbocycles. The maximum Gasteiger partial charge on any atom is 0.416 e. The van der Waals surface area contributed by atoms with Crippen LogP contribution >= 0.6 is 0 Å². The fourth-order valence-corrected chi connectivity index (χ4v) is 5.00. The zero-order chi connectivity index (χ0) is 30.5. The van der Waals surface area contributed by atoms with Gasteiger partial charge >= 0.3 is 12.1 Å². The second-order valence-electron chi connectivity index (χ2n) is 9.40. The zero-order valence-electron chi connectivity index (χ0n) is 24.0. The number of ether oxygens (including phenoxy) is 1. The maximum absolute atomic E-state index is 14.4. The molecule has 0 bridgehead atoms. The van der Waals surface area contributed by atoms with E-state index in [9.17, 15) is 28.3 Å². The van der Waals surface area contributed by atoms with Crippen molar-refractivity contribution in [2.24, 2.45) is 0 Å². The molecule has 1 saturated heterocycles. The van der Waals surface area contributed by atoms with Crippen molar-refractivity contribution in [1.82, 2.24) is 4.90 Å². The number of methoxy groups -OCH3 is 1. The molecule has 1 aliphatic heterocycles. The smallest absolute Gasteiger partial charge is 0.416 e. The number of piperidine rings is 1. The number of nitriles is 1. The van der Waals surface area contributed by atoms with Gasteiger partial charge in [-0.05, 0) is 59.3 Å². The van der Waals surface area contributed by atoms with E-state index in [1.807, 2.05) is 30.3 Å². The molecule has 39 heavy (non-hydrogen) atoms. The van der Waals surface area contributed by atoms with Crippen molar-refractivity contribution in [3.8, 4) is 17.2 Å². The second kappa shape index (κ2) is 12.3. The number of aliphatic carboxylic acids is 1. The monoisotopic (exact) mass is 537 g/mol. The summed E-state index contributed by atoms with van der Waals surface area (Å²) in [6.07, 6.45) is -0.341. The number of rotatable bonds is 8. The van der Waals surface area contributed by atoms with Crippen LogP contribution in [0.4, 0.5) is 13.2 Å². The molecule has 1 aliphatic rings. The molecule has 1 fully saturated rings. The Morgan fingerprint density at radius 3 is 2.59 bits per heavy atom. The number of carboxylic acid groups (broad SMARTS) is 1. The predicted octanol–water partition coefficient (Wildman–Crippen LogP) is 7.00. The van der Waals surface area contributed by atoms with Gasteiger partial charge in [0.25, 0.3) is 0 Å². The first-order valence-corrected chi connectivity index (χ1v) is 12.5. The summed E-state index contributed by atoms with van der Waals surface area (Å²) < 4.78 is 70.3. The highest BCUT2D eigenvalue weighted by Crippen LogP contribution is 2.36. The molecule has 202 valence electrons. The molecule has 3 aromatic rings. The maximum atomic E-state index is 14.4. The lowest BCUT2D eigenvalue weighted by Crippen LogP contribution is -2.44. The fraction of sp³-hybridized carbons (Fsp3) is 0.290. The standard InChI is InChI=1S/C31H29F3N2O3/c1-39-20-25-16-23(14-13-22-10-7-11-26(27(22)18-35)21-8-3-2-4-9-21)28(31(32,33)34)17-24(25)19-36-15-6-5-12-29(36)30(37)38/h2-4,7-11,13-14,16-17,29H,5-6,12,15,19-20H2,1H3,(H,37,38)/b14-13+/t29-/m0/s1/i1D3. The largest absolute Gasteiger partial charge is 0.480 e. The van der Waals surface area contributed by atoms with Crippen LogP contribution in [0.1, 0.15) is 56.8 Å². The van der Waals surface area contributed by atoms with Crippen LogP contribution in [0, 0.1) is 11.3 Å². The molecule has 0 unspecified atom stereocenters. The van der Waals surface area contributed by atoms with Gasteiger partial charge in [-0.1, -0.05) is 67.1 Å². The summed E-state index contributed by atoms with van der Waals surface area (Å²) in [5.74, 6) is -1.06. The SMILES string of the molecule is [2H]C([2H])([2H])OCc1cc(/C=C/c2cccc(-c3ccccc3)c2C#N)c(C(F)(F)F)cc1CN1CCCC[C@H]1C(=O)O. The second-order valence-corrected chi connectivity index (χ2v) is 9.40. The highest BCUT2D eigenvalue weighted by Gasteiger charge is 2.35. The van der Waals surface area contributed by atoms with Gasteiger partial charge in [0.05, 0.1) is 21.8 Å². The van der Waals surface area contributed by atoms with Gasteiger partial charge in [-0.3, -0.25) is 9.69 Å². The van der Waals surface area contributed by atoms with Crippen LogP contribution in [-0.2, 0) is 28.9 Å². The zero-order valence-corrected chi connectivity index (χ0v) is 21.0. The van der Waals surface area contributed by atoms with Gasteiger partial charge in [0.2, 0.25) is 0 Å². The highest BCUT2D eigenvalue weighted by molar-refractivity contribution is 5.81. The van der Waals surface area contributed by atoms with Crippen LogP contribution in [-0.4, -0.2) is 35.6 Å². The lowest BCUT2D eigenvalue weighted by atomic mass is 9.93. The Hall–Kier alpha value is -3.93. The van der Waals surface area contributed by atoms with E-state index >= 15 is 0 Å². The quantitative estimate of drug-likeness (QED) is 0.313. The van der Waals surface area contributed by atoms with E-state index in [-0.39, 0.29) is 23.2 Å². The van der Waals surface area contributed by atoms with E-state index in [1.165, 1.54) is 18.2 Å². The van der Waals surface area contributed by atoms with E-state index in [0.717, 1.165) is 11.6 Å². The highest BCUT2D eigenvalue weighted by atomic mass is 19.4. The minimum atomic E-state index is -4.77. The molecule has 0 spiro atoms. The normalized spacial score (nSPS) is 17.8. The van der Waals surface area contributed by atoms with Crippen LogP contribution in [0.15, 0.2) is 60.7 Å². The number of carbonyl (C=O) groups is 1. The van der Waals surface area contributed by atoms with Crippen molar-refractivity contribution in [3.05, 3.63) is 94.0 Å². The molecule has 3 aromatic carbocycles. The molecule has 1 N–H and O–H groups in total. The number of likely N-dealkylation sites (tertiary alicyclic amines) is 1. The van der Waals surface area contributed by atoms with Gasteiger partial charge in [-0.25, -0.2) is 0 Å². The molecule has 8 heteroatoms. The Labute approximate surface area is 230 Å². The molecule has 0 saturated carbocycles. The average Bonchev–Trinajstić information content (AvgIpc) is 2.95. The molecule has 0 radical (unpaired) electrons. The Kier molecular flexibility index (Phi) is 7.60. The van der Waals surface area contributed by atoms with E-state index in [4.69, 9.17) is 8.85 Å². The summed E-state index contributed by atoms with van der Waals surface area (Å²) in [4.78, 5) is 13.4. The molecule has 1 heterocycles. The Balaban J connectivity index is 1.79. The number of benzene rings is 3. The number of halogens is 3. The van der Waals surface area contributed by atoms with Crippen LogP contribution in [0.2, 0.25) is 0 Å². The number of carboxylic acids is 1. The fourth-order valence-electron chi connectivity index (χ4n) is 5.00. The van der Waals surface area contributed by atoms with Gasteiger partial charge in [0.15, 0.2) is 0 Å². The Morgan fingerprint density at radius 1 is 1.13 bits per heavy atom. The van der Waals surface area contributed by atoms with Gasteiger partial charge in [0.1, 0.15) is 12.1 Å². The van der Waals surface area contributed by atoms with Gasteiger partial charge < -0.3 is 9.84 Å². The number of hydrogen-bond donors (Lipinski definition) is 1. The van der Waals surface area contributed by atoms with Crippen LogP contribution in [0.3, 0.4) is 0 Å². The van der Waals surface area contributed by atoms with Crippen LogP contribution < -0.4 is 0 Å². The topological polar surface area (TPSA) is 73.6 Å². The molecule has 0 aromatic heterocycles.